The summed E-state index contributed by atoms with van der Waals surface area (Å²) in [5, 5.41) is 13.9. The zero-order valence-electron chi connectivity index (χ0n) is 10.9. The maximum Gasteiger partial charge on any atom is 0.315 e. The van der Waals surface area contributed by atoms with Crippen LogP contribution in [0.15, 0.2) is 0 Å². The first-order valence-corrected chi connectivity index (χ1v) is 6.60. The Morgan fingerprint density at radius 1 is 1.33 bits per heavy atom. The molecule has 1 saturated heterocycles. The van der Waals surface area contributed by atoms with Crippen molar-refractivity contribution >= 4 is 12.0 Å². The molecule has 3 N–H and O–H groups in total. The van der Waals surface area contributed by atoms with Crippen molar-refractivity contribution in [3.05, 3.63) is 0 Å². The van der Waals surface area contributed by atoms with Crippen molar-refractivity contribution in [2.75, 3.05) is 26.2 Å². The van der Waals surface area contributed by atoms with Gasteiger partial charge >= 0.3 is 12.0 Å². The zero-order chi connectivity index (χ0) is 13.4. The van der Waals surface area contributed by atoms with Crippen molar-refractivity contribution < 1.29 is 14.7 Å². The van der Waals surface area contributed by atoms with Crippen molar-refractivity contribution in [2.45, 2.75) is 38.6 Å². The van der Waals surface area contributed by atoms with E-state index in [4.69, 9.17) is 5.11 Å². The average Bonchev–Trinajstić information content (AvgIpc) is 2.31. The molecule has 0 aliphatic carbocycles. The molecular formula is C12H23N3O3. The number of carbonyl (C=O) groups excluding carboxylic acids is 1. The fourth-order valence-electron chi connectivity index (χ4n) is 2.14. The normalized spacial score (nSPS) is 17.4. The molecule has 2 amide bonds. The maximum absolute atomic E-state index is 11.5. The minimum atomic E-state index is -0.900. The van der Waals surface area contributed by atoms with Crippen molar-refractivity contribution in [3.8, 4) is 0 Å². The predicted octanol–water partition coefficient (Wildman–Crippen LogP) is 0.635. The largest absolute Gasteiger partial charge is 0.481 e. The number of piperidine rings is 1. The first kappa shape index (κ1) is 14.8. The third-order valence-electron chi connectivity index (χ3n) is 3.09. The van der Waals surface area contributed by atoms with Gasteiger partial charge in [0.15, 0.2) is 0 Å². The first-order chi connectivity index (χ1) is 8.61. The van der Waals surface area contributed by atoms with Crippen LogP contribution in [-0.4, -0.2) is 54.2 Å². The standard InChI is InChI=1S/C12H23N3O3/c1-2-7-15-8-4-10(5-9-15)14-12(18)13-6-3-11(16)17/h10H,2-9H2,1H3,(H,16,17)(H2,13,14,18). The lowest BCUT2D eigenvalue weighted by Crippen LogP contribution is -2.48. The highest BCUT2D eigenvalue weighted by Crippen LogP contribution is 2.10. The van der Waals surface area contributed by atoms with Crippen LogP contribution in [-0.2, 0) is 4.79 Å². The number of hydrogen-bond acceptors (Lipinski definition) is 3. The molecule has 18 heavy (non-hydrogen) atoms. The summed E-state index contributed by atoms with van der Waals surface area (Å²) >= 11 is 0. The second-order valence-corrected chi connectivity index (χ2v) is 4.66. The molecule has 0 aromatic heterocycles. The number of urea groups is 1. The molecule has 0 radical (unpaired) electrons. The van der Waals surface area contributed by atoms with Gasteiger partial charge in [-0.15, -0.1) is 0 Å². The molecular weight excluding hydrogens is 234 g/mol. The first-order valence-electron chi connectivity index (χ1n) is 6.60. The number of hydrogen-bond donors (Lipinski definition) is 3. The van der Waals surface area contributed by atoms with E-state index in [1.807, 2.05) is 0 Å². The quantitative estimate of drug-likeness (QED) is 0.652. The van der Waals surface area contributed by atoms with Gasteiger partial charge in [-0.05, 0) is 25.8 Å². The van der Waals surface area contributed by atoms with Gasteiger partial charge in [0.25, 0.3) is 0 Å². The van der Waals surface area contributed by atoms with Gasteiger partial charge in [-0.1, -0.05) is 6.92 Å². The van der Waals surface area contributed by atoms with E-state index < -0.39 is 5.97 Å². The summed E-state index contributed by atoms with van der Waals surface area (Å²) in [6.45, 7) is 5.51. The number of carboxylic acid groups (broad SMARTS) is 1. The van der Waals surface area contributed by atoms with Crippen LogP contribution in [0, 0.1) is 0 Å². The van der Waals surface area contributed by atoms with Gasteiger partial charge in [0.1, 0.15) is 0 Å². The highest BCUT2D eigenvalue weighted by Gasteiger charge is 2.19. The summed E-state index contributed by atoms with van der Waals surface area (Å²) in [5.74, 6) is -0.900. The lowest BCUT2D eigenvalue weighted by Gasteiger charge is -2.32. The van der Waals surface area contributed by atoms with Gasteiger partial charge in [-0.3, -0.25) is 4.79 Å². The van der Waals surface area contributed by atoms with Gasteiger partial charge in [0, 0.05) is 25.7 Å². The molecule has 0 unspecified atom stereocenters. The minimum absolute atomic E-state index is 0.0393. The average molecular weight is 257 g/mol. The van der Waals surface area contributed by atoms with Crippen LogP contribution < -0.4 is 10.6 Å². The van der Waals surface area contributed by atoms with Gasteiger partial charge in [0.2, 0.25) is 0 Å². The SMILES string of the molecule is CCCN1CCC(NC(=O)NCCC(=O)O)CC1. The van der Waals surface area contributed by atoms with Crippen molar-refractivity contribution in [2.24, 2.45) is 0 Å². The molecule has 1 aliphatic heterocycles. The smallest absolute Gasteiger partial charge is 0.315 e. The van der Waals surface area contributed by atoms with E-state index in [9.17, 15) is 9.59 Å². The number of carboxylic acids is 1. The van der Waals surface area contributed by atoms with E-state index in [2.05, 4.69) is 22.5 Å². The zero-order valence-corrected chi connectivity index (χ0v) is 10.9. The molecule has 0 spiro atoms. The second-order valence-electron chi connectivity index (χ2n) is 4.66. The Morgan fingerprint density at radius 3 is 2.56 bits per heavy atom. The number of carbonyl (C=O) groups is 2. The monoisotopic (exact) mass is 257 g/mol. The lowest BCUT2D eigenvalue weighted by atomic mass is 10.1. The van der Waals surface area contributed by atoms with Gasteiger partial charge in [-0.2, -0.15) is 0 Å². The highest BCUT2D eigenvalue weighted by molar-refractivity contribution is 5.75. The summed E-state index contributed by atoms with van der Waals surface area (Å²) in [7, 11) is 0. The van der Waals surface area contributed by atoms with Crippen LogP contribution in [0.5, 0.6) is 0 Å². The van der Waals surface area contributed by atoms with Crippen molar-refractivity contribution in [1.29, 1.82) is 0 Å². The second kappa shape index (κ2) is 7.92. The predicted molar refractivity (Wildman–Crippen MR) is 68.5 cm³/mol. The Kier molecular flexibility index (Phi) is 6.49. The number of amides is 2. The van der Waals surface area contributed by atoms with Crippen LogP contribution >= 0.6 is 0 Å². The van der Waals surface area contributed by atoms with E-state index in [0.29, 0.717) is 0 Å². The van der Waals surface area contributed by atoms with Gasteiger partial charge in [-0.25, -0.2) is 4.79 Å². The van der Waals surface area contributed by atoms with Crippen LogP contribution in [0.2, 0.25) is 0 Å². The summed E-state index contributed by atoms with van der Waals surface area (Å²) in [5.41, 5.74) is 0. The van der Waals surface area contributed by atoms with Crippen molar-refractivity contribution in [3.63, 3.8) is 0 Å². The number of likely N-dealkylation sites (tertiary alicyclic amines) is 1. The van der Waals surface area contributed by atoms with E-state index in [1.54, 1.807) is 0 Å². The van der Waals surface area contributed by atoms with Crippen LogP contribution in [0.3, 0.4) is 0 Å². The van der Waals surface area contributed by atoms with Crippen molar-refractivity contribution in [1.82, 2.24) is 15.5 Å². The Morgan fingerprint density at radius 2 is 2.00 bits per heavy atom. The van der Waals surface area contributed by atoms with Crippen LogP contribution in [0.4, 0.5) is 4.79 Å². The Bertz CT molecular complexity index is 276. The topological polar surface area (TPSA) is 81.7 Å². The molecule has 1 rings (SSSR count). The Hall–Kier alpha value is -1.30. The molecule has 6 nitrogen and oxygen atoms in total. The fraction of sp³-hybridized carbons (Fsp3) is 0.833. The summed E-state index contributed by atoms with van der Waals surface area (Å²) < 4.78 is 0. The number of nitrogens with zero attached hydrogens (tertiary/aromatic N) is 1. The van der Waals surface area contributed by atoms with E-state index in [1.165, 1.54) is 0 Å². The summed E-state index contributed by atoms with van der Waals surface area (Å²) in [6, 6.07) is -0.0480. The number of nitrogens with one attached hydrogen (secondary N) is 2. The summed E-state index contributed by atoms with van der Waals surface area (Å²) in [6.07, 6.45) is 3.05. The maximum atomic E-state index is 11.5. The Labute approximate surface area is 108 Å². The molecule has 1 fully saturated rings. The molecule has 6 heteroatoms. The fourth-order valence-corrected chi connectivity index (χ4v) is 2.14. The molecule has 104 valence electrons. The molecule has 0 saturated carbocycles. The van der Waals surface area contributed by atoms with E-state index >= 15 is 0 Å². The molecule has 1 aliphatic rings. The molecule has 0 atom stereocenters. The molecule has 0 bridgehead atoms. The van der Waals surface area contributed by atoms with Gasteiger partial charge in [0.05, 0.1) is 6.42 Å². The number of aliphatic carboxylic acids is 1. The molecule has 1 heterocycles. The van der Waals surface area contributed by atoms with Crippen LogP contribution in [0.25, 0.3) is 0 Å². The third kappa shape index (κ3) is 5.86. The molecule has 0 aromatic rings. The van der Waals surface area contributed by atoms with Gasteiger partial charge < -0.3 is 20.6 Å². The Balaban J connectivity index is 2.12. The highest BCUT2D eigenvalue weighted by atomic mass is 16.4. The van der Waals surface area contributed by atoms with E-state index in [0.717, 1.165) is 38.9 Å². The van der Waals surface area contributed by atoms with E-state index in [-0.39, 0.29) is 25.0 Å². The lowest BCUT2D eigenvalue weighted by molar-refractivity contribution is -0.136. The molecule has 0 aromatic carbocycles. The van der Waals surface area contributed by atoms with Crippen LogP contribution in [0.1, 0.15) is 32.6 Å². The number of rotatable bonds is 6. The minimum Gasteiger partial charge on any atom is -0.481 e. The third-order valence-corrected chi connectivity index (χ3v) is 3.09. The summed E-state index contributed by atoms with van der Waals surface area (Å²) in [4.78, 5) is 24.2.